The molecule has 0 radical (unpaired) electrons. The van der Waals surface area contributed by atoms with E-state index >= 15 is 0 Å². The molecule has 6 heteroatoms. The minimum absolute atomic E-state index is 0.562. The van der Waals surface area contributed by atoms with Crippen molar-refractivity contribution in [3.63, 3.8) is 0 Å². The van der Waals surface area contributed by atoms with Crippen molar-refractivity contribution in [1.29, 1.82) is 0 Å². The number of carboxylic acids is 1. The van der Waals surface area contributed by atoms with E-state index in [1.54, 1.807) is 0 Å². The van der Waals surface area contributed by atoms with Crippen molar-refractivity contribution in [3.8, 4) is 0 Å². The summed E-state index contributed by atoms with van der Waals surface area (Å²) >= 11 is 6.32. The molecule has 20 heavy (non-hydrogen) atoms. The molecule has 0 aromatic carbocycles. The van der Waals surface area contributed by atoms with Gasteiger partial charge < -0.3 is 5.11 Å². The molecule has 1 unspecified atom stereocenters. The number of likely N-dealkylation sites (tertiary alicyclic amines) is 1. The van der Waals surface area contributed by atoms with Gasteiger partial charge in [-0.25, -0.2) is 0 Å². The topological polar surface area (TPSA) is 58.4 Å². The van der Waals surface area contributed by atoms with Crippen molar-refractivity contribution < 1.29 is 9.90 Å². The Morgan fingerprint density at radius 3 is 2.85 bits per heavy atom. The molecule has 1 aromatic heterocycles. The highest BCUT2D eigenvalue weighted by Crippen LogP contribution is 2.31. The van der Waals surface area contributed by atoms with E-state index in [1.165, 1.54) is 0 Å². The molecular weight excluding hydrogens is 278 g/mol. The van der Waals surface area contributed by atoms with Gasteiger partial charge in [-0.3, -0.25) is 14.4 Å². The van der Waals surface area contributed by atoms with Gasteiger partial charge in [-0.05, 0) is 40.2 Å². The van der Waals surface area contributed by atoms with Crippen LogP contribution in [-0.4, -0.2) is 38.8 Å². The second kappa shape index (κ2) is 5.74. The third-order valence-electron chi connectivity index (χ3n) is 4.12. The summed E-state index contributed by atoms with van der Waals surface area (Å²) in [6.45, 7) is 8.66. The summed E-state index contributed by atoms with van der Waals surface area (Å²) in [7, 11) is 0. The van der Waals surface area contributed by atoms with Crippen LogP contribution in [0.25, 0.3) is 0 Å². The Balaban J connectivity index is 2.16. The number of piperidine rings is 1. The van der Waals surface area contributed by atoms with Crippen LogP contribution in [0.4, 0.5) is 0 Å². The summed E-state index contributed by atoms with van der Waals surface area (Å²) in [4.78, 5) is 13.6. The van der Waals surface area contributed by atoms with Crippen molar-refractivity contribution in [1.82, 2.24) is 14.7 Å². The minimum Gasteiger partial charge on any atom is -0.481 e. The van der Waals surface area contributed by atoms with Gasteiger partial charge in [0.25, 0.3) is 0 Å². The third-order valence-corrected chi connectivity index (χ3v) is 4.61. The largest absolute Gasteiger partial charge is 0.481 e. The van der Waals surface area contributed by atoms with Gasteiger partial charge in [0.1, 0.15) is 0 Å². The maximum atomic E-state index is 11.4. The Labute approximate surface area is 124 Å². The third kappa shape index (κ3) is 2.83. The van der Waals surface area contributed by atoms with E-state index in [0.29, 0.717) is 18.1 Å². The highest BCUT2D eigenvalue weighted by Gasteiger charge is 2.38. The van der Waals surface area contributed by atoms with Crippen LogP contribution in [0.2, 0.25) is 5.02 Å². The molecule has 1 aromatic rings. The van der Waals surface area contributed by atoms with Gasteiger partial charge >= 0.3 is 5.97 Å². The number of halogens is 1. The summed E-state index contributed by atoms with van der Waals surface area (Å²) in [5.41, 5.74) is 1.17. The molecular formula is C14H22ClN3O2. The molecule has 1 fully saturated rings. The van der Waals surface area contributed by atoms with Crippen LogP contribution >= 0.6 is 11.6 Å². The molecule has 5 nitrogen and oxygen atoms in total. The molecule has 2 heterocycles. The molecule has 112 valence electrons. The van der Waals surface area contributed by atoms with Gasteiger partial charge in [-0.2, -0.15) is 5.10 Å². The molecule has 0 amide bonds. The number of aryl methyl sites for hydroxylation is 2. The zero-order valence-electron chi connectivity index (χ0n) is 12.3. The number of rotatable bonds is 4. The smallest absolute Gasteiger partial charge is 0.310 e. The molecule has 1 aliphatic rings. The molecule has 1 N–H and O–H groups in total. The van der Waals surface area contributed by atoms with Crippen LogP contribution in [0.3, 0.4) is 0 Å². The minimum atomic E-state index is -0.714. The van der Waals surface area contributed by atoms with Gasteiger partial charge in [-0.15, -0.1) is 0 Å². The number of nitrogens with zero attached hydrogens (tertiary/aromatic N) is 3. The Kier molecular flexibility index (Phi) is 4.39. The number of aromatic nitrogens is 2. The van der Waals surface area contributed by atoms with E-state index in [9.17, 15) is 9.90 Å². The number of hydrogen-bond donors (Lipinski definition) is 1. The van der Waals surface area contributed by atoms with Crippen LogP contribution in [0, 0.1) is 12.3 Å². The normalized spacial score (nSPS) is 24.0. The molecule has 0 saturated carbocycles. The van der Waals surface area contributed by atoms with E-state index in [-0.39, 0.29) is 0 Å². The quantitative estimate of drug-likeness (QED) is 0.928. The fourth-order valence-electron chi connectivity index (χ4n) is 2.89. The van der Waals surface area contributed by atoms with Crippen molar-refractivity contribution in [2.45, 2.75) is 46.7 Å². The number of carbonyl (C=O) groups is 1. The molecule has 2 rings (SSSR count). The van der Waals surface area contributed by atoms with Crippen LogP contribution in [0.5, 0.6) is 0 Å². The molecule has 0 bridgehead atoms. The first-order chi connectivity index (χ1) is 9.37. The van der Waals surface area contributed by atoms with E-state index < -0.39 is 11.4 Å². The lowest BCUT2D eigenvalue weighted by Crippen LogP contribution is -2.45. The number of hydrogen-bond acceptors (Lipinski definition) is 3. The van der Waals surface area contributed by atoms with E-state index in [1.807, 2.05) is 25.5 Å². The van der Waals surface area contributed by atoms with Gasteiger partial charge in [0.15, 0.2) is 0 Å². The van der Waals surface area contributed by atoms with Crippen molar-refractivity contribution in [3.05, 3.63) is 16.4 Å². The van der Waals surface area contributed by atoms with Gasteiger partial charge in [0.2, 0.25) is 0 Å². The molecule has 0 aliphatic carbocycles. The monoisotopic (exact) mass is 299 g/mol. The Morgan fingerprint density at radius 1 is 1.55 bits per heavy atom. The fraction of sp³-hybridized carbons (Fsp3) is 0.714. The zero-order chi connectivity index (χ0) is 14.9. The summed E-state index contributed by atoms with van der Waals surface area (Å²) in [6, 6.07) is 0. The lowest BCUT2D eigenvalue weighted by Gasteiger charge is -2.37. The van der Waals surface area contributed by atoms with Crippen molar-refractivity contribution >= 4 is 17.6 Å². The fourth-order valence-corrected chi connectivity index (χ4v) is 3.08. The maximum absolute atomic E-state index is 11.4. The van der Waals surface area contributed by atoms with Crippen molar-refractivity contribution in [2.24, 2.45) is 5.41 Å². The standard InChI is InChI=1S/C14H22ClN3O2/c1-4-18-11(12(15)10(2)16-18)8-17-7-5-6-14(3,9-17)13(19)20/h4-9H2,1-3H3,(H,19,20). The zero-order valence-corrected chi connectivity index (χ0v) is 13.1. The summed E-state index contributed by atoms with van der Waals surface area (Å²) in [5.74, 6) is -0.714. The lowest BCUT2D eigenvalue weighted by atomic mass is 9.82. The van der Waals surface area contributed by atoms with Crippen LogP contribution < -0.4 is 0 Å². The first-order valence-corrected chi connectivity index (χ1v) is 7.42. The summed E-state index contributed by atoms with van der Waals surface area (Å²) in [6.07, 6.45) is 1.64. The van der Waals surface area contributed by atoms with Crippen molar-refractivity contribution in [2.75, 3.05) is 13.1 Å². The molecule has 1 atom stereocenters. The van der Waals surface area contributed by atoms with Gasteiger partial charge in [-0.1, -0.05) is 11.6 Å². The van der Waals surface area contributed by atoms with Gasteiger partial charge in [0.05, 0.1) is 21.8 Å². The van der Waals surface area contributed by atoms with E-state index in [4.69, 9.17) is 11.6 Å². The van der Waals surface area contributed by atoms with E-state index in [2.05, 4.69) is 10.00 Å². The van der Waals surface area contributed by atoms with Crippen LogP contribution in [0.15, 0.2) is 0 Å². The highest BCUT2D eigenvalue weighted by molar-refractivity contribution is 6.31. The Hall–Kier alpha value is -1.07. The van der Waals surface area contributed by atoms with E-state index in [0.717, 1.165) is 37.3 Å². The highest BCUT2D eigenvalue weighted by atomic mass is 35.5. The molecule has 1 aliphatic heterocycles. The van der Waals surface area contributed by atoms with Gasteiger partial charge in [0, 0.05) is 19.6 Å². The second-order valence-electron chi connectivity index (χ2n) is 5.84. The first kappa shape index (κ1) is 15.3. The average molecular weight is 300 g/mol. The molecule has 0 spiro atoms. The van der Waals surface area contributed by atoms with Crippen LogP contribution in [-0.2, 0) is 17.9 Å². The molecule has 1 saturated heterocycles. The summed E-state index contributed by atoms with van der Waals surface area (Å²) in [5, 5.41) is 14.5. The predicted molar refractivity (Wildman–Crippen MR) is 77.9 cm³/mol. The Bertz CT molecular complexity index is 515. The lowest BCUT2D eigenvalue weighted by molar-refractivity contribution is -0.151. The summed E-state index contributed by atoms with van der Waals surface area (Å²) < 4.78 is 1.91. The first-order valence-electron chi connectivity index (χ1n) is 7.05. The predicted octanol–water partition coefficient (Wildman–Crippen LogP) is 2.55. The number of carboxylic acid groups (broad SMARTS) is 1. The number of aliphatic carboxylic acids is 1. The average Bonchev–Trinajstić information content (AvgIpc) is 2.66. The maximum Gasteiger partial charge on any atom is 0.310 e. The SMILES string of the molecule is CCn1nc(C)c(Cl)c1CN1CCCC(C)(C(=O)O)C1. The second-order valence-corrected chi connectivity index (χ2v) is 6.22. The Morgan fingerprint density at radius 2 is 2.25 bits per heavy atom. The van der Waals surface area contributed by atoms with Crippen LogP contribution in [0.1, 0.15) is 38.1 Å².